The highest BCUT2D eigenvalue weighted by Crippen LogP contribution is 2.51. The lowest BCUT2D eigenvalue weighted by atomic mass is 9.90. The zero-order chi connectivity index (χ0) is 9.76. The second kappa shape index (κ2) is 2.35. The molecule has 1 spiro atoms. The Hall–Kier alpha value is -1.38. The fourth-order valence-electron chi connectivity index (χ4n) is 2.37. The van der Waals surface area contributed by atoms with Gasteiger partial charge in [-0.1, -0.05) is 6.07 Å². The van der Waals surface area contributed by atoms with Crippen LogP contribution >= 0.6 is 0 Å². The fraction of sp³-hybridized carbons (Fsp3) is 0.455. The lowest BCUT2D eigenvalue weighted by Gasteiger charge is -2.30. The van der Waals surface area contributed by atoms with Gasteiger partial charge in [-0.3, -0.25) is 9.78 Å². The van der Waals surface area contributed by atoms with Crippen LogP contribution in [0.25, 0.3) is 0 Å². The van der Waals surface area contributed by atoms with Crippen LogP contribution in [0.2, 0.25) is 0 Å². The molecule has 1 aliphatic heterocycles. The van der Waals surface area contributed by atoms with E-state index in [4.69, 9.17) is 0 Å². The predicted octanol–water partition coefficient (Wildman–Crippen LogP) is 1.20. The summed E-state index contributed by atoms with van der Waals surface area (Å²) in [5, 5.41) is 0. The normalized spacial score (nSPS) is 22.4. The summed E-state index contributed by atoms with van der Waals surface area (Å²) >= 11 is 0. The highest BCUT2D eigenvalue weighted by molar-refractivity contribution is 5.95. The molecule has 3 nitrogen and oxygen atoms in total. The maximum atomic E-state index is 11.8. The minimum atomic E-state index is 0.0677. The van der Waals surface area contributed by atoms with Gasteiger partial charge in [0.2, 0.25) is 0 Å². The van der Waals surface area contributed by atoms with Gasteiger partial charge in [0.25, 0.3) is 5.91 Å². The van der Waals surface area contributed by atoms with Gasteiger partial charge in [-0.05, 0) is 24.5 Å². The van der Waals surface area contributed by atoms with Gasteiger partial charge in [0.1, 0.15) is 5.69 Å². The first kappa shape index (κ1) is 7.97. The Labute approximate surface area is 82.8 Å². The number of rotatable bonds is 0. The molecular weight excluding hydrogens is 176 g/mol. The largest absolute Gasteiger partial charge is 0.339 e. The summed E-state index contributed by atoms with van der Waals surface area (Å²) in [4.78, 5) is 17.8. The van der Waals surface area contributed by atoms with Gasteiger partial charge in [-0.2, -0.15) is 0 Å². The molecule has 1 amide bonds. The molecule has 0 atom stereocenters. The minimum Gasteiger partial charge on any atom is -0.339 e. The van der Waals surface area contributed by atoms with Gasteiger partial charge in [0.15, 0.2) is 0 Å². The molecule has 0 saturated heterocycles. The molecule has 1 fully saturated rings. The molecule has 1 aliphatic carbocycles. The monoisotopic (exact) mass is 188 g/mol. The summed E-state index contributed by atoms with van der Waals surface area (Å²) in [7, 11) is 1.86. The number of hydrogen-bond donors (Lipinski definition) is 0. The molecule has 0 unspecified atom stereocenters. The summed E-state index contributed by atoms with van der Waals surface area (Å²) < 4.78 is 0. The Balaban J connectivity index is 2.20. The number of amides is 1. The molecule has 0 N–H and O–H groups in total. The van der Waals surface area contributed by atoms with Crippen LogP contribution < -0.4 is 0 Å². The lowest BCUT2D eigenvalue weighted by molar-refractivity contribution is 0.0751. The van der Waals surface area contributed by atoms with E-state index in [0.29, 0.717) is 5.69 Å². The second-order valence-corrected chi connectivity index (χ2v) is 4.34. The SMILES string of the molecule is CN1CC2(CC2)c2cccnc2C1=O. The number of aromatic nitrogens is 1. The molecule has 0 bridgehead atoms. The van der Waals surface area contributed by atoms with E-state index in [1.807, 2.05) is 13.1 Å². The van der Waals surface area contributed by atoms with Crippen molar-refractivity contribution in [3.8, 4) is 0 Å². The molecule has 3 rings (SSSR count). The topological polar surface area (TPSA) is 33.2 Å². The van der Waals surface area contributed by atoms with Crippen molar-refractivity contribution in [3.63, 3.8) is 0 Å². The number of pyridine rings is 1. The predicted molar refractivity (Wildman–Crippen MR) is 52.1 cm³/mol. The first-order valence-corrected chi connectivity index (χ1v) is 4.94. The Morgan fingerprint density at radius 1 is 1.50 bits per heavy atom. The van der Waals surface area contributed by atoms with E-state index < -0.39 is 0 Å². The highest BCUT2D eigenvalue weighted by atomic mass is 16.2. The quantitative estimate of drug-likeness (QED) is 0.613. The Morgan fingerprint density at radius 2 is 2.29 bits per heavy atom. The van der Waals surface area contributed by atoms with Gasteiger partial charge in [-0.15, -0.1) is 0 Å². The van der Waals surface area contributed by atoms with Crippen molar-refractivity contribution < 1.29 is 4.79 Å². The number of fused-ring (bicyclic) bond motifs is 2. The summed E-state index contributed by atoms with van der Waals surface area (Å²) in [6.45, 7) is 0.866. The van der Waals surface area contributed by atoms with Crippen molar-refractivity contribution >= 4 is 5.91 Å². The zero-order valence-electron chi connectivity index (χ0n) is 8.16. The zero-order valence-corrected chi connectivity index (χ0v) is 8.16. The number of carbonyl (C=O) groups excluding carboxylic acids is 1. The van der Waals surface area contributed by atoms with Gasteiger partial charge >= 0.3 is 0 Å². The lowest BCUT2D eigenvalue weighted by Crippen LogP contribution is -2.41. The van der Waals surface area contributed by atoms with Crippen molar-refractivity contribution in [2.24, 2.45) is 0 Å². The molecule has 2 aliphatic rings. The maximum Gasteiger partial charge on any atom is 0.272 e. The van der Waals surface area contributed by atoms with E-state index in [0.717, 1.165) is 6.54 Å². The van der Waals surface area contributed by atoms with E-state index in [9.17, 15) is 4.79 Å². The molecule has 1 aromatic heterocycles. The van der Waals surface area contributed by atoms with Crippen LogP contribution in [0.1, 0.15) is 28.9 Å². The summed E-state index contributed by atoms with van der Waals surface area (Å²) in [5.74, 6) is 0.0677. The first-order valence-electron chi connectivity index (χ1n) is 4.94. The smallest absolute Gasteiger partial charge is 0.272 e. The van der Waals surface area contributed by atoms with Crippen molar-refractivity contribution in [2.45, 2.75) is 18.3 Å². The van der Waals surface area contributed by atoms with E-state index in [1.54, 1.807) is 11.1 Å². The van der Waals surface area contributed by atoms with Crippen LogP contribution in [0.4, 0.5) is 0 Å². The van der Waals surface area contributed by atoms with Crippen molar-refractivity contribution in [1.29, 1.82) is 0 Å². The van der Waals surface area contributed by atoms with Crippen molar-refractivity contribution in [1.82, 2.24) is 9.88 Å². The number of hydrogen-bond acceptors (Lipinski definition) is 2. The third-order valence-corrected chi connectivity index (χ3v) is 3.32. The Kier molecular flexibility index (Phi) is 1.34. The highest BCUT2D eigenvalue weighted by Gasteiger charge is 2.51. The van der Waals surface area contributed by atoms with E-state index in [2.05, 4.69) is 11.1 Å². The van der Waals surface area contributed by atoms with Gasteiger partial charge in [0, 0.05) is 25.2 Å². The summed E-state index contributed by atoms with van der Waals surface area (Å²) in [5.41, 5.74) is 2.09. The molecule has 0 radical (unpaired) electrons. The molecule has 3 heteroatoms. The molecule has 2 heterocycles. The van der Waals surface area contributed by atoms with Crippen LogP contribution in [0, 0.1) is 0 Å². The van der Waals surface area contributed by atoms with Crippen molar-refractivity contribution in [2.75, 3.05) is 13.6 Å². The van der Waals surface area contributed by atoms with E-state index >= 15 is 0 Å². The average molecular weight is 188 g/mol. The number of carbonyl (C=O) groups is 1. The third kappa shape index (κ3) is 0.870. The Bertz CT molecular complexity index is 410. The third-order valence-electron chi connectivity index (χ3n) is 3.32. The minimum absolute atomic E-state index is 0.0677. The molecule has 14 heavy (non-hydrogen) atoms. The van der Waals surface area contributed by atoms with Crippen LogP contribution in [0.15, 0.2) is 18.3 Å². The molecule has 0 aromatic carbocycles. The Morgan fingerprint density at radius 3 is 3.00 bits per heavy atom. The summed E-state index contributed by atoms with van der Waals surface area (Å²) in [6, 6.07) is 3.98. The van der Waals surface area contributed by atoms with E-state index in [-0.39, 0.29) is 11.3 Å². The van der Waals surface area contributed by atoms with Gasteiger partial charge in [-0.25, -0.2) is 0 Å². The van der Waals surface area contributed by atoms with Crippen molar-refractivity contribution in [3.05, 3.63) is 29.6 Å². The number of likely N-dealkylation sites (N-methyl/N-ethyl adjacent to an activating group) is 1. The second-order valence-electron chi connectivity index (χ2n) is 4.34. The standard InChI is InChI=1S/C11H12N2O/c1-13-7-11(4-5-11)8-3-2-6-12-9(8)10(13)14/h2-3,6H,4-5,7H2,1H3. The average Bonchev–Trinajstić information content (AvgIpc) is 2.96. The summed E-state index contributed by atoms with van der Waals surface area (Å²) in [6.07, 6.45) is 4.10. The maximum absolute atomic E-state index is 11.8. The first-order chi connectivity index (χ1) is 6.73. The van der Waals surface area contributed by atoms with E-state index in [1.165, 1.54) is 18.4 Å². The number of nitrogens with zero attached hydrogens (tertiary/aromatic N) is 2. The molecule has 72 valence electrons. The molecular formula is C11H12N2O. The molecule has 1 saturated carbocycles. The van der Waals surface area contributed by atoms with Crippen LogP contribution in [0.3, 0.4) is 0 Å². The van der Waals surface area contributed by atoms with Crippen LogP contribution in [-0.2, 0) is 5.41 Å². The fourth-order valence-corrected chi connectivity index (χ4v) is 2.37. The van der Waals surface area contributed by atoms with Gasteiger partial charge < -0.3 is 4.90 Å². The van der Waals surface area contributed by atoms with Crippen LogP contribution in [-0.4, -0.2) is 29.4 Å². The van der Waals surface area contributed by atoms with Crippen LogP contribution in [0.5, 0.6) is 0 Å². The molecule has 1 aromatic rings. The van der Waals surface area contributed by atoms with Gasteiger partial charge in [0.05, 0.1) is 0 Å².